The van der Waals surface area contributed by atoms with E-state index in [1.165, 1.54) is 0 Å². The number of guanidine groups is 1. The third-order valence-electron chi connectivity index (χ3n) is 4.03. The zero-order valence-electron chi connectivity index (χ0n) is 14.8. The van der Waals surface area contributed by atoms with Gasteiger partial charge in [0.25, 0.3) is 0 Å². The van der Waals surface area contributed by atoms with Gasteiger partial charge in [-0.1, -0.05) is 36.4 Å². The van der Waals surface area contributed by atoms with E-state index in [2.05, 4.69) is 48.3 Å². The van der Waals surface area contributed by atoms with Crippen LogP contribution in [-0.4, -0.2) is 32.6 Å². The molecular weight excluding hydrogens is 358 g/mol. The van der Waals surface area contributed by atoms with Crippen molar-refractivity contribution in [1.29, 1.82) is 0 Å². The van der Waals surface area contributed by atoms with Gasteiger partial charge in [0, 0.05) is 24.2 Å². The van der Waals surface area contributed by atoms with Crippen molar-refractivity contribution in [3.63, 3.8) is 0 Å². The first kappa shape index (κ1) is 17.2. The second kappa shape index (κ2) is 7.96. The zero-order valence-corrected chi connectivity index (χ0v) is 15.6. The Kier molecular flexibility index (Phi) is 5.06. The highest BCUT2D eigenvalue weighted by atomic mass is 32.1. The molecule has 0 radical (unpaired) electrons. The fourth-order valence-electron chi connectivity index (χ4n) is 2.67. The highest BCUT2D eigenvalue weighted by Crippen LogP contribution is 2.23. The number of nitrogens with zero attached hydrogens (tertiary/aromatic N) is 5. The number of aromatic nitrogens is 4. The average Bonchev–Trinajstić information content (AvgIpc) is 3.36. The molecule has 7 nitrogen and oxygen atoms in total. The third-order valence-corrected chi connectivity index (χ3v) is 4.97. The van der Waals surface area contributed by atoms with Crippen LogP contribution in [-0.2, 0) is 13.1 Å². The van der Waals surface area contributed by atoms with Crippen molar-refractivity contribution in [2.75, 3.05) is 7.05 Å². The fourth-order valence-corrected chi connectivity index (χ4v) is 3.50. The molecule has 0 bridgehead atoms. The van der Waals surface area contributed by atoms with Gasteiger partial charge in [0.1, 0.15) is 5.01 Å². The number of pyridine rings is 1. The van der Waals surface area contributed by atoms with Gasteiger partial charge in [-0.05, 0) is 12.1 Å². The van der Waals surface area contributed by atoms with Crippen LogP contribution in [0.25, 0.3) is 16.2 Å². The highest BCUT2D eigenvalue weighted by Gasteiger charge is 2.07. The summed E-state index contributed by atoms with van der Waals surface area (Å²) in [4.78, 5) is 8.94. The van der Waals surface area contributed by atoms with Crippen molar-refractivity contribution in [2.45, 2.75) is 13.1 Å². The van der Waals surface area contributed by atoms with E-state index >= 15 is 0 Å². The first-order chi connectivity index (χ1) is 13.3. The summed E-state index contributed by atoms with van der Waals surface area (Å²) in [5.74, 6) is 1.52. The van der Waals surface area contributed by atoms with Gasteiger partial charge >= 0.3 is 0 Å². The molecule has 8 heteroatoms. The second-order valence-electron chi connectivity index (χ2n) is 5.83. The Bertz CT molecular complexity index is 1050. The van der Waals surface area contributed by atoms with Crippen LogP contribution in [0.3, 0.4) is 0 Å². The van der Waals surface area contributed by atoms with Crippen LogP contribution in [0.2, 0.25) is 0 Å². The summed E-state index contributed by atoms with van der Waals surface area (Å²) in [5, 5.41) is 18.0. The number of nitrogens with one attached hydrogen (secondary N) is 2. The second-order valence-corrected chi connectivity index (χ2v) is 6.69. The minimum Gasteiger partial charge on any atom is -0.351 e. The van der Waals surface area contributed by atoms with E-state index in [1.54, 1.807) is 18.4 Å². The number of fused-ring (bicyclic) bond motifs is 1. The number of thiazole rings is 1. The molecule has 1 aromatic carbocycles. The maximum atomic E-state index is 4.68. The summed E-state index contributed by atoms with van der Waals surface area (Å²) in [6, 6.07) is 16.0. The van der Waals surface area contributed by atoms with Crippen molar-refractivity contribution >= 4 is 22.9 Å². The standard InChI is InChI=1S/C19H19N7S/c1-20-19(22-12-17-25-24-16-9-5-6-10-26(16)17)21-11-15-13-27-18(23-15)14-7-3-2-4-8-14/h2-10,13H,11-12H2,1H3,(H2,20,21,22). The number of hydrogen-bond acceptors (Lipinski definition) is 5. The van der Waals surface area contributed by atoms with Gasteiger partial charge in [-0.25, -0.2) is 4.98 Å². The summed E-state index contributed by atoms with van der Waals surface area (Å²) < 4.78 is 1.95. The van der Waals surface area contributed by atoms with E-state index in [-0.39, 0.29) is 0 Å². The van der Waals surface area contributed by atoms with Gasteiger partial charge < -0.3 is 10.6 Å². The van der Waals surface area contributed by atoms with Crippen LogP contribution in [0.4, 0.5) is 0 Å². The molecule has 0 amide bonds. The van der Waals surface area contributed by atoms with Crippen LogP contribution >= 0.6 is 11.3 Å². The maximum absolute atomic E-state index is 4.68. The van der Waals surface area contributed by atoms with Crippen LogP contribution < -0.4 is 10.6 Å². The predicted octanol–water partition coefficient (Wildman–Crippen LogP) is 2.72. The molecule has 27 heavy (non-hydrogen) atoms. The van der Waals surface area contributed by atoms with E-state index in [9.17, 15) is 0 Å². The molecular formula is C19H19N7S. The molecule has 0 atom stereocenters. The molecule has 0 aliphatic heterocycles. The Labute approximate surface area is 160 Å². The quantitative estimate of drug-likeness (QED) is 0.413. The Morgan fingerprint density at radius 2 is 1.85 bits per heavy atom. The topological polar surface area (TPSA) is 79.5 Å². The molecule has 4 aromatic rings. The van der Waals surface area contributed by atoms with E-state index in [0.717, 1.165) is 27.7 Å². The smallest absolute Gasteiger partial charge is 0.191 e. The summed E-state index contributed by atoms with van der Waals surface area (Å²) in [7, 11) is 1.74. The lowest BCUT2D eigenvalue weighted by molar-refractivity contribution is 0.758. The van der Waals surface area contributed by atoms with Crippen LogP contribution in [0, 0.1) is 0 Å². The molecule has 0 saturated heterocycles. The van der Waals surface area contributed by atoms with E-state index < -0.39 is 0 Å². The van der Waals surface area contributed by atoms with Gasteiger partial charge in [0.05, 0.1) is 18.8 Å². The van der Waals surface area contributed by atoms with Gasteiger partial charge in [0.15, 0.2) is 17.4 Å². The Hall–Kier alpha value is -3.26. The van der Waals surface area contributed by atoms with Gasteiger partial charge in [0.2, 0.25) is 0 Å². The van der Waals surface area contributed by atoms with Crippen LogP contribution in [0.1, 0.15) is 11.5 Å². The summed E-state index contributed by atoms with van der Waals surface area (Å²) in [6.07, 6.45) is 1.95. The van der Waals surface area contributed by atoms with Crippen molar-refractivity contribution in [3.05, 3.63) is 71.6 Å². The minimum absolute atomic E-state index is 0.525. The summed E-state index contributed by atoms with van der Waals surface area (Å²) in [6.45, 7) is 1.13. The highest BCUT2D eigenvalue weighted by molar-refractivity contribution is 7.13. The normalized spacial score (nSPS) is 11.7. The van der Waals surface area contributed by atoms with Crippen LogP contribution in [0.5, 0.6) is 0 Å². The lowest BCUT2D eigenvalue weighted by Crippen LogP contribution is -2.36. The van der Waals surface area contributed by atoms with Crippen LogP contribution in [0.15, 0.2) is 65.1 Å². The van der Waals surface area contributed by atoms with E-state index in [4.69, 9.17) is 0 Å². The number of aliphatic imine (C=N–C) groups is 1. The largest absolute Gasteiger partial charge is 0.351 e. The van der Waals surface area contributed by atoms with Gasteiger partial charge in [-0.15, -0.1) is 21.5 Å². The predicted molar refractivity (Wildman–Crippen MR) is 108 cm³/mol. The molecule has 2 N–H and O–H groups in total. The molecule has 0 spiro atoms. The maximum Gasteiger partial charge on any atom is 0.191 e. The molecule has 3 heterocycles. The molecule has 136 valence electrons. The first-order valence-electron chi connectivity index (χ1n) is 8.56. The SMILES string of the molecule is CN=C(NCc1csc(-c2ccccc2)n1)NCc1nnc2ccccn12. The Morgan fingerprint density at radius 3 is 2.70 bits per heavy atom. The number of hydrogen-bond donors (Lipinski definition) is 2. The van der Waals surface area contributed by atoms with Crippen molar-refractivity contribution < 1.29 is 0 Å². The summed E-state index contributed by atoms with van der Waals surface area (Å²) >= 11 is 1.64. The van der Waals surface area contributed by atoms with Crippen molar-refractivity contribution in [1.82, 2.24) is 30.2 Å². The molecule has 0 unspecified atom stereocenters. The number of rotatable bonds is 5. The molecule has 3 aromatic heterocycles. The molecule has 0 fully saturated rings. The van der Waals surface area contributed by atoms with Crippen molar-refractivity contribution in [3.8, 4) is 10.6 Å². The molecule has 0 aliphatic rings. The fraction of sp³-hybridized carbons (Fsp3) is 0.158. The Morgan fingerprint density at radius 1 is 1.04 bits per heavy atom. The van der Waals surface area contributed by atoms with Gasteiger partial charge in [-0.3, -0.25) is 9.39 Å². The monoisotopic (exact) mass is 377 g/mol. The van der Waals surface area contributed by atoms with Crippen molar-refractivity contribution in [2.24, 2.45) is 4.99 Å². The lowest BCUT2D eigenvalue weighted by atomic mass is 10.2. The first-order valence-corrected chi connectivity index (χ1v) is 9.44. The van der Waals surface area contributed by atoms with E-state index in [0.29, 0.717) is 19.0 Å². The van der Waals surface area contributed by atoms with E-state index in [1.807, 2.05) is 47.0 Å². The zero-order chi connectivity index (χ0) is 18.5. The molecule has 0 saturated carbocycles. The number of benzene rings is 1. The van der Waals surface area contributed by atoms with Gasteiger partial charge in [-0.2, -0.15) is 0 Å². The third kappa shape index (κ3) is 3.95. The lowest BCUT2D eigenvalue weighted by Gasteiger charge is -2.10. The Balaban J connectivity index is 1.35. The molecule has 0 aliphatic carbocycles. The molecule has 4 rings (SSSR count). The summed E-state index contributed by atoms with van der Waals surface area (Å²) in [5.41, 5.74) is 2.94. The minimum atomic E-state index is 0.525. The average molecular weight is 377 g/mol.